The monoisotopic (exact) mass is 336 g/mol. The molecule has 0 radical (unpaired) electrons. The van der Waals surface area contributed by atoms with Crippen molar-refractivity contribution in [1.29, 1.82) is 0 Å². The molecular formula is C17H14Cl2O3. The lowest BCUT2D eigenvalue weighted by Gasteiger charge is -2.10. The summed E-state index contributed by atoms with van der Waals surface area (Å²) in [5.41, 5.74) is 1.18. The summed E-state index contributed by atoms with van der Waals surface area (Å²) in [4.78, 5) is 12.1. The molecule has 2 aromatic carbocycles. The average molecular weight is 337 g/mol. The molecule has 0 bridgehead atoms. The van der Waals surface area contributed by atoms with Gasteiger partial charge in [-0.3, -0.25) is 4.79 Å². The Hall–Kier alpha value is -1.97. The van der Waals surface area contributed by atoms with Crippen molar-refractivity contribution in [3.05, 3.63) is 63.6 Å². The van der Waals surface area contributed by atoms with Crippen molar-refractivity contribution < 1.29 is 14.3 Å². The Kier molecular flexibility index (Phi) is 5.47. The van der Waals surface area contributed by atoms with Gasteiger partial charge in [0.05, 0.1) is 24.3 Å². The quantitative estimate of drug-likeness (QED) is 0.575. The highest BCUT2D eigenvalue weighted by molar-refractivity contribution is 6.34. The first-order valence-electron chi connectivity index (χ1n) is 6.45. The van der Waals surface area contributed by atoms with E-state index in [1.807, 2.05) is 0 Å². The summed E-state index contributed by atoms with van der Waals surface area (Å²) in [6.45, 7) is 0. The summed E-state index contributed by atoms with van der Waals surface area (Å²) in [6, 6.07) is 10.3. The van der Waals surface area contributed by atoms with Crippen LogP contribution in [-0.2, 0) is 0 Å². The van der Waals surface area contributed by atoms with Gasteiger partial charge in [0.1, 0.15) is 0 Å². The Balaban J connectivity index is 2.29. The van der Waals surface area contributed by atoms with Gasteiger partial charge in [0.25, 0.3) is 0 Å². The number of allylic oxidation sites excluding steroid dienone is 1. The van der Waals surface area contributed by atoms with E-state index in [0.717, 1.165) is 5.56 Å². The van der Waals surface area contributed by atoms with Crippen LogP contribution in [0.3, 0.4) is 0 Å². The van der Waals surface area contributed by atoms with Crippen LogP contribution in [-0.4, -0.2) is 20.0 Å². The highest BCUT2D eigenvalue weighted by atomic mass is 35.5. The molecule has 0 fully saturated rings. The molecule has 0 atom stereocenters. The lowest BCUT2D eigenvalue weighted by atomic mass is 10.1. The molecule has 0 aliphatic rings. The van der Waals surface area contributed by atoms with Gasteiger partial charge >= 0.3 is 0 Å². The van der Waals surface area contributed by atoms with Crippen molar-refractivity contribution in [2.45, 2.75) is 0 Å². The smallest absolute Gasteiger partial charge is 0.187 e. The van der Waals surface area contributed by atoms with Gasteiger partial charge in [0.15, 0.2) is 17.3 Å². The molecular weight excluding hydrogens is 323 g/mol. The molecule has 0 aliphatic carbocycles. The van der Waals surface area contributed by atoms with Crippen molar-refractivity contribution in [3.8, 4) is 11.5 Å². The van der Waals surface area contributed by atoms with Gasteiger partial charge in [-0.1, -0.05) is 41.4 Å². The predicted molar refractivity (Wildman–Crippen MR) is 89.4 cm³/mol. The van der Waals surface area contributed by atoms with Crippen LogP contribution in [0.15, 0.2) is 42.5 Å². The lowest BCUT2D eigenvalue weighted by Crippen LogP contribution is -1.95. The summed E-state index contributed by atoms with van der Waals surface area (Å²) < 4.78 is 10.4. The number of hydrogen-bond acceptors (Lipinski definition) is 3. The molecule has 0 saturated heterocycles. The van der Waals surface area contributed by atoms with E-state index >= 15 is 0 Å². The van der Waals surface area contributed by atoms with Crippen LogP contribution in [0, 0.1) is 0 Å². The van der Waals surface area contributed by atoms with Crippen molar-refractivity contribution in [3.63, 3.8) is 0 Å². The van der Waals surface area contributed by atoms with Crippen LogP contribution in [0.1, 0.15) is 15.9 Å². The van der Waals surface area contributed by atoms with Crippen molar-refractivity contribution in [2.24, 2.45) is 0 Å². The summed E-state index contributed by atoms with van der Waals surface area (Å²) >= 11 is 12.1. The van der Waals surface area contributed by atoms with E-state index in [9.17, 15) is 4.79 Å². The molecule has 5 heteroatoms. The van der Waals surface area contributed by atoms with E-state index in [0.29, 0.717) is 27.1 Å². The third-order valence-corrected chi connectivity index (χ3v) is 3.63. The molecule has 0 unspecified atom stereocenters. The van der Waals surface area contributed by atoms with Crippen molar-refractivity contribution >= 4 is 35.1 Å². The maximum atomic E-state index is 12.1. The Morgan fingerprint density at radius 1 is 1.05 bits per heavy atom. The molecule has 0 amide bonds. The number of hydrogen-bond donors (Lipinski definition) is 0. The number of ketones is 1. The fourth-order valence-corrected chi connectivity index (χ4v) is 2.48. The number of benzene rings is 2. The molecule has 0 aliphatic heterocycles. The maximum absolute atomic E-state index is 12.1. The third kappa shape index (κ3) is 3.62. The van der Waals surface area contributed by atoms with E-state index in [1.165, 1.54) is 20.3 Å². The highest BCUT2D eigenvalue weighted by Crippen LogP contribution is 2.36. The van der Waals surface area contributed by atoms with E-state index in [1.54, 1.807) is 42.5 Å². The van der Waals surface area contributed by atoms with E-state index < -0.39 is 0 Å². The van der Waals surface area contributed by atoms with Gasteiger partial charge in [0.2, 0.25) is 0 Å². The normalized spacial score (nSPS) is 10.7. The first-order valence-corrected chi connectivity index (χ1v) is 7.21. The first-order chi connectivity index (χ1) is 10.6. The van der Waals surface area contributed by atoms with E-state index in [2.05, 4.69) is 0 Å². The number of halogens is 2. The number of rotatable bonds is 5. The minimum absolute atomic E-state index is 0.184. The molecule has 3 nitrogen and oxygen atoms in total. The van der Waals surface area contributed by atoms with Crippen LogP contribution in [0.4, 0.5) is 0 Å². The summed E-state index contributed by atoms with van der Waals surface area (Å²) in [6.07, 6.45) is 3.10. The molecule has 0 N–H and O–H groups in total. The first kappa shape index (κ1) is 16.4. The zero-order valence-electron chi connectivity index (χ0n) is 12.1. The van der Waals surface area contributed by atoms with Gasteiger partial charge < -0.3 is 9.47 Å². The summed E-state index contributed by atoms with van der Waals surface area (Å²) in [5, 5.41) is 0.828. The van der Waals surface area contributed by atoms with Crippen LogP contribution < -0.4 is 9.47 Å². The number of carbonyl (C=O) groups excluding carboxylic acids is 1. The minimum Gasteiger partial charge on any atom is -0.493 e. The Bertz CT molecular complexity index is 724. The van der Waals surface area contributed by atoms with Crippen molar-refractivity contribution in [2.75, 3.05) is 14.2 Å². The van der Waals surface area contributed by atoms with Gasteiger partial charge in [-0.05, 0) is 35.9 Å². The number of ether oxygens (including phenoxy) is 2. The van der Waals surface area contributed by atoms with Gasteiger partial charge in [-0.25, -0.2) is 0 Å². The van der Waals surface area contributed by atoms with Crippen LogP contribution >= 0.6 is 23.2 Å². The van der Waals surface area contributed by atoms with E-state index in [-0.39, 0.29) is 5.78 Å². The minimum atomic E-state index is -0.184. The molecule has 22 heavy (non-hydrogen) atoms. The lowest BCUT2D eigenvalue weighted by molar-refractivity contribution is 0.104. The standard InChI is InChI=1S/C17H14Cl2O3/c1-21-16-10-11(9-14(19)17(16)22-2)7-8-15(20)12-5-3-4-6-13(12)18/h3-10H,1-2H3/b8-7+. The SMILES string of the molecule is COc1cc(/C=C/C(=O)c2ccccc2Cl)cc(Cl)c1OC. The fraction of sp³-hybridized carbons (Fsp3) is 0.118. The second-order valence-electron chi connectivity index (χ2n) is 4.42. The van der Waals surface area contributed by atoms with Crippen LogP contribution in [0.2, 0.25) is 10.0 Å². The zero-order chi connectivity index (χ0) is 16.1. The summed E-state index contributed by atoms with van der Waals surface area (Å²) in [5.74, 6) is 0.773. The third-order valence-electron chi connectivity index (χ3n) is 3.02. The predicted octanol–water partition coefficient (Wildman–Crippen LogP) is 4.91. The summed E-state index contributed by atoms with van der Waals surface area (Å²) in [7, 11) is 3.04. The zero-order valence-corrected chi connectivity index (χ0v) is 13.6. The highest BCUT2D eigenvalue weighted by Gasteiger charge is 2.10. The van der Waals surface area contributed by atoms with Gasteiger partial charge in [0, 0.05) is 5.56 Å². The van der Waals surface area contributed by atoms with Crippen molar-refractivity contribution in [1.82, 2.24) is 0 Å². The second-order valence-corrected chi connectivity index (χ2v) is 5.23. The fourth-order valence-electron chi connectivity index (χ4n) is 1.96. The number of methoxy groups -OCH3 is 2. The molecule has 0 spiro atoms. The van der Waals surface area contributed by atoms with Gasteiger partial charge in [-0.2, -0.15) is 0 Å². The molecule has 0 heterocycles. The molecule has 2 rings (SSSR count). The Morgan fingerprint density at radius 3 is 2.41 bits per heavy atom. The molecule has 2 aromatic rings. The Labute approximate surface area is 139 Å². The Morgan fingerprint density at radius 2 is 1.77 bits per heavy atom. The molecule has 114 valence electrons. The number of carbonyl (C=O) groups is 1. The van der Waals surface area contributed by atoms with E-state index in [4.69, 9.17) is 32.7 Å². The molecule has 0 aromatic heterocycles. The van der Waals surface area contributed by atoms with Crippen LogP contribution in [0.5, 0.6) is 11.5 Å². The topological polar surface area (TPSA) is 35.5 Å². The van der Waals surface area contributed by atoms with Gasteiger partial charge in [-0.15, -0.1) is 0 Å². The molecule has 0 saturated carbocycles. The second kappa shape index (κ2) is 7.34. The average Bonchev–Trinajstić information content (AvgIpc) is 2.52. The maximum Gasteiger partial charge on any atom is 0.187 e. The largest absolute Gasteiger partial charge is 0.493 e. The van der Waals surface area contributed by atoms with Crippen LogP contribution in [0.25, 0.3) is 6.08 Å².